The maximum atomic E-state index is 11.7. The maximum absolute atomic E-state index is 11.7. The maximum Gasteiger partial charge on any atom is 0.295 e. The molecule has 7 heteroatoms. The summed E-state index contributed by atoms with van der Waals surface area (Å²) in [5.74, 6) is 1.70. The summed E-state index contributed by atoms with van der Waals surface area (Å²) in [4.78, 5) is 20.3. The molecule has 2 heterocycles. The van der Waals surface area contributed by atoms with E-state index in [2.05, 4.69) is 20.6 Å². The number of fused-ring (bicyclic) bond motifs is 1. The molecule has 1 aliphatic carbocycles. The van der Waals surface area contributed by atoms with Gasteiger partial charge in [-0.05, 0) is 30.5 Å². The number of oxazole rings is 1. The molecule has 1 aromatic carbocycles. The van der Waals surface area contributed by atoms with Crippen LogP contribution in [0.1, 0.15) is 49.0 Å². The van der Waals surface area contributed by atoms with Crippen molar-refractivity contribution >= 4 is 23.0 Å². The molecule has 0 atom stereocenters. The number of benzene rings is 1. The van der Waals surface area contributed by atoms with Crippen LogP contribution in [0.2, 0.25) is 0 Å². The number of aromatic nitrogens is 2. The van der Waals surface area contributed by atoms with Gasteiger partial charge in [-0.3, -0.25) is 9.78 Å². The molecular formula is C22H26N4O3. The fourth-order valence-electron chi connectivity index (χ4n) is 3.77. The fraction of sp³-hybridized carbons (Fsp3) is 0.409. The second-order valence-corrected chi connectivity index (χ2v) is 7.43. The number of pyridine rings is 1. The Bertz CT molecular complexity index is 979. The standard InChI is InChI=1S/C22H26N4O3/c1-23-21(27)19-13-17(10-12-24-19)28-16-7-8-18-20(14-16)29-22(26-18)25-11-9-15-5-3-2-4-6-15/h7-8,10,12-15H,2-6,9,11H2,1H3,(H,23,27)(H,25,26). The highest BCUT2D eigenvalue weighted by Gasteiger charge is 2.14. The molecule has 1 amide bonds. The molecule has 0 unspecified atom stereocenters. The summed E-state index contributed by atoms with van der Waals surface area (Å²) >= 11 is 0. The molecule has 2 N–H and O–H groups in total. The lowest BCUT2D eigenvalue weighted by atomic mass is 9.87. The van der Waals surface area contributed by atoms with Crippen molar-refractivity contribution in [3.8, 4) is 11.5 Å². The summed E-state index contributed by atoms with van der Waals surface area (Å²) in [6.45, 7) is 0.875. The van der Waals surface area contributed by atoms with Gasteiger partial charge in [-0.2, -0.15) is 4.98 Å². The Labute approximate surface area is 169 Å². The molecule has 1 saturated carbocycles. The highest BCUT2D eigenvalue weighted by atomic mass is 16.5. The van der Waals surface area contributed by atoms with Crippen LogP contribution in [0.5, 0.6) is 11.5 Å². The number of hydrogen-bond acceptors (Lipinski definition) is 6. The molecule has 1 fully saturated rings. The van der Waals surface area contributed by atoms with Crippen LogP contribution in [-0.2, 0) is 0 Å². The van der Waals surface area contributed by atoms with E-state index < -0.39 is 0 Å². The first-order valence-electron chi connectivity index (χ1n) is 10.2. The molecule has 29 heavy (non-hydrogen) atoms. The van der Waals surface area contributed by atoms with E-state index in [1.54, 1.807) is 31.4 Å². The first-order valence-corrected chi connectivity index (χ1v) is 10.2. The zero-order valence-corrected chi connectivity index (χ0v) is 16.6. The van der Waals surface area contributed by atoms with Crippen molar-refractivity contribution in [3.05, 3.63) is 42.2 Å². The average molecular weight is 394 g/mol. The van der Waals surface area contributed by atoms with E-state index in [0.717, 1.165) is 24.4 Å². The van der Waals surface area contributed by atoms with Crippen molar-refractivity contribution in [3.63, 3.8) is 0 Å². The fourth-order valence-corrected chi connectivity index (χ4v) is 3.77. The molecule has 7 nitrogen and oxygen atoms in total. The molecule has 3 aromatic rings. The van der Waals surface area contributed by atoms with Crippen molar-refractivity contribution in [2.75, 3.05) is 18.9 Å². The van der Waals surface area contributed by atoms with Crippen molar-refractivity contribution in [1.29, 1.82) is 0 Å². The van der Waals surface area contributed by atoms with E-state index in [1.807, 2.05) is 12.1 Å². The molecule has 0 saturated heterocycles. The SMILES string of the molecule is CNC(=O)c1cc(Oc2ccc3nc(NCCC4CCCCC4)oc3c2)ccn1. The van der Waals surface area contributed by atoms with Crippen LogP contribution in [0.3, 0.4) is 0 Å². The van der Waals surface area contributed by atoms with Gasteiger partial charge in [0.15, 0.2) is 5.58 Å². The number of nitrogens with zero attached hydrogens (tertiary/aromatic N) is 2. The van der Waals surface area contributed by atoms with Gasteiger partial charge in [0.05, 0.1) is 0 Å². The smallest absolute Gasteiger partial charge is 0.295 e. The number of rotatable bonds is 7. The Kier molecular flexibility index (Phi) is 5.93. The molecule has 2 aromatic heterocycles. The van der Waals surface area contributed by atoms with E-state index in [4.69, 9.17) is 9.15 Å². The van der Waals surface area contributed by atoms with Crippen LogP contribution in [0.4, 0.5) is 6.01 Å². The summed E-state index contributed by atoms with van der Waals surface area (Å²) < 4.78 is 11.7. The van der Waals surface area contributed by atoms with Gasteiger partial charge in [0.1, 0.15) is 22.7 Å². The number of ether oxygens (including phenoxy) is 1. The Morgan fingerprint density at radius 3 is 2.83 bits per heavy atom. The summed E-state index contributed by atoms with van der Waals surface area (Å²) in [7, 11) is 1.57. The van der Waals surface area contributed by atoms with Gasteiger partial charge in [0.25, 0.3) is 11.9 Å². The normalized spacial score (nSPS) is 14.7. The minimum atomic E-state index is -0.259. The van der Waals surface area contributed by atoms with Crippen molar-refractivity contribution in [2.24, 2.45) is 5.92 Å². The van der Waals surface area contributed by atoms with Crippen LogP contribution < -0.4 is 15.4 Å². The zero-order chi connectivity index (χ0) is 20.1. The van der Waals surface area contributed by atoms with Gasteiger partial charge in [0.2, 0.25) is 0 Å². The molecule has 0 bridgehead atoms. The Balaban J connectivity index is 1.39. The highest BCUT2D eigenvalue weighted by Crippen LogP contribution is 2.29. The van der Waals surface area contributed by atoms with E-state index in [1.165, 1.54) is 32.1 Å². The molecule has 0 radical (unpaired) electrons. The number of amides is 1. The molecule has 152 valence electrons. The molecular weight excluding hydrogens is 368 g/mol. The molecule has 4 rings (SSSR count). The van der Waals surface area contributed by atoms with Crippen LogP contribution in [0, 0.1) is 5.92 Å². The minimum absolute atomic E-state index is 0.259. The highest BCUT2D eigenvalue weighted by molar-refractivity contribution is 5.92. The van der Waals surface area contributed by atoms with Gasteiger partial charge in [-0.25, -0.2) is 0 Å². The summed E-state index contributed by atoms with van der Waals surface area (Å²) in [6, 6.07) is 9.34. The van der Waals surface area contributed by atoms with E-state index in [0.29, 0.717) is 28.8 Å². The van der Waals surface area contributed by atoms with Crippen LogP contribution >= 0.6 is 0 Å². The van der Waals surface area contributed by atoms with Gasteiger partial charge in [-0.15, -0.1) is 0 Å². The third-order valence-corrected chi connectivity index (χ3v) is 5.34. The third kappa shape index (κ3) is 4.85. The van der Waals surface area contributed by atoms with Crippen LogP contribution in [0.15, 0.2) is 40.9 Å². The van der Waals surface area contributed by atoms with Gasteiger partial charge in [-0.1, -0.05) is 32.1 Å². The molecule has 1 aliphatic rings. The van der Waals surface area contributed by atoms with Crippen molar-refractivity contribution in [1.82, 2.24) is 15.3 Å². The van der Waals surface area contributed by atoms with Gasteiger partial charge in [0, 0.05) is 31.9 Å². The largest absolute Gasteiger partial charge is 0.457 e. The lowest BCUT2D eigenvalue weighted by Crippen LogP contribution is -2.18. The quantitative estimate of drug-likeness (QED) is 0.601. The number of carbonyl (C=O) groups excluding carboxylic acids is 1. The minimum Gasteiger partial charge on any atom is -0.457 e. The van der Waals surface area contributed by atoms with Crippen molar-refractivity contribution in [2.45, 2.75) is 38.5 Å². The Morgan fingerprint density at radius 1 is 1.17 bits per heavy atom. The van der Waals surface area contributed by atoms with E-state index in [9.17, 15) is 4.79 Å². The third-order valence-electron chi connectivity index (χ3n) is 5.34. The zero-order valence-electron chi connectivity index (χ0n) is 16.6. The second kappa shape index (κ2) is 8.94. The summed E-state index contributed by atoms with van der Waals surface area (Å²) in [6.07, 6.45) is 9.48. The average Bonchev–Trinajstić information content (AvgIpc) is 3.16. The Hall–Kier alpha value is -3.09. The van der Waals surface area contributed by atoms with Gasteiger partial charge >= 0.3 is 0 Å². The first-order chi connectivity index (χ1) is 14.2. The lowest BCUT2D eigenvalue weighted by Gasteiger charge is -2.21. The number of hydrogen-bond donors (Lipinski definition) is 2. The van der Waals surface area contributed by atoms with E-state index >= 15 is 0 Å². The summed E-state index contributed by atoms with van der Waals surface area (Å²) in [5.41, 5.74) is 1.73. The predicted molar refractivity (Wildman–Crippen MR) is 111 cm³/mol. The first kappa shape index (κ1) is 19.2. The number of carbonyl (C=O) groups is 1. The monoisotopic (exact) mass is 394 g/mol. The molecule has 0 spiro atoms. The van der Waals surface area contributed by atoms with E-state index in [-0.39, 0.29) is 5.91 Å². The summed E-state index contributed by atoms with van der Waals surface area (Å²) in [5, 5.41) is 5.86. The number of nitrogens with one attached hydrogen (secondary N) is 2. The van der Waals surface area contributed by atoms with Gasteiger partial charge < -0.3 is 19.8 Å². The topological polar surface area (TPSA) is 89.3 Å². The van der Waals surface area contributed by atoms with Crippen LogP contribution in [-0.4, -0.2) is 29.5 Å². The number of anilines is 1. The second-order valence-electron chi connectivity index (χ2n) is 7.43. The Morgan fingerprint density at radius 2 is 2.00 bits per heavy atom. The predicted octanol–water partition coefficient (Wildman–Crippen LogP) is 4.76. The lowest BCUT2D eigenvalue weighted by molar-refractivity contribution is 0.0958. The molecule has 0 aliphatic heterocycles. The van der Waals surface area contributed by atoms with Crippen molar-refractivity contribution < 1.29 is 13.9 Å². The van der Waals surface area contributed by atoms with Crippen LogP contribution in [0.25, 0.3) is 11.1 Å².